The smallest absolute Gasteiger partial charge is 0.292 e. The number of fused-ring (bicyclic) bond motifs is 2. The summed E-state index contributed by atoms with van der Waals surface area (Å²) in [5.74, 6) is -0.105. The van der Waals surface area contributed by atoms with Crippen LogP contribution in [-0.2, 0) is 12.8 Å². The number of aryl methyl sites for hydroxylation is 2. The quantitative estimate of drug-likeness (QED) is 0.559. The van der Waals surface area contributed by atoms with Crippen LogP contribution in [0.3, 0.4) is 0 Å². The Bertz CT molecular complexity index is 1210. The summed E-state index contributed by atoms with van der Waals surface area (Å²) < 4.78 is 21.4. The predicted molar refractivity (Wildman–Crippen MR) is 104 cm³/mol. The first kappa shape index (κ1) is 16.7. The molecule has 0 saturated heterocycles. The minimum atomic E-state index is -0.477. The Balaban J connectivity index is 1.58. The maximum absolute atomic E-state index is 14.0. The molecular formula is C22H18FN3O2. The summed E-state index contributed by atoms with van der Waals surface area (Å²) in [6.45, 7) is 1.76. The van der Waals surface area contributed by atoms with Crippen LogP contribution in [0, 0.1) is 12.7 Å². The first-order valence-corrected chi connectivity index (χ1v) is 9.28. The van der Waals surface area contributed by atoms with Crippen LogP contribution in [0.15, 0.2) is 52.9 Å². The number of carbonyl (C=O) groups excluding carboxylic acids is 1. The van der Waals surface area contributed by atoms with E-state index in [9.17, 15) is 9.18 Å². The summed E-state index contributed by atoms with van der Waals surface area (Å²) in [4.78, 5) is 13.0. The van der Waals surface area contributed by atoms with Gasteiger partial charge in [0.2, 0.25) is 0 Å². The third-order valence-corrected chi connectivity index (χ3v) is 5.26. The zero-order chi connectivity index (χ0) is 19.3. The summed E-state index contributed by atoms with van der Waals surface area (Å²) in [5, 5.41) is 8.27. The van der Waals surface area contributed by atoms with Crippen molar-refractivity contribution in [1.29, 1.82) is 0 Å². The number of aromatic nitrogens is 2. The molecule has 0 bridgehead atoms. The molecule has 140 valence electrons. The van der Waals surface area contributed by atoms with Crippen molar-refractivity contribution >= 4 is 22.7 Å². The molecule has 2 aromatic heterocycles. The van der Waals surface area contributed by atoms with Gasteiger partial charge in [-0.25, -0.2) is 9.07 Å². The number of furan rings is 1. The minimum Gasteiger partial charge on any atom is -0.448 e. The molecule has 0 aliphatic heterocycles. The average Bonchev–Trinajstić information content (AvgIpc) is 3.38. The molecule has 0 atom stereocenters. The molecule has 6 heteroatoms. The Morgan fingerprint density at radius 2 is 1.96 bits per heavy atom. The Morgan fingerprint density at radius 1 is 1.14 bits per heavy atom. The number of benzene rings is 2. The highest BCUT2D eigenvalue weighted by atomic mass is 19.1. The average molecular weight is 375 g/mol. The van der Waals surface area contributed by atoms with Gasteiger partial charge in [-0.2, -0.15) is 5.10 Å². The maximum Gasteiger partial charge on any atom is 0.292 e. The van der Waals surface area contributed by atoms with E-state index in [-0.39, 0.29) is 11.3 Å². The van der Waals surface area contributed by atoms with Crippen LogP contribution in [0.1, 0.15) is 33.8 Å². The molecule has 1 amide bonds. The van der Waals surface area contributed by atoms with E-state index in [0.29, 0.717) is 16.8 Å². The Kier molecular flexibility index (Phi) is 3.79. The molecule has 0 spiro atoms. The van der Waals surface area contributed by atoms with Crippen molar-refractivity contribution in [3.8, 4) is 5.69 Å². The lowest BCUT2D eigenvalue weighted by Gasteiger charge is -2.10. The first-order chi connectivity index (χ1) is 13.6. The molecule has 0 radical (unpaired) electrons. The van der Waals surface area contributed by atoms with Gasteiger partial charge in [-0.05, 0) is 44.4 Å². The molecule has 0 saturated carbocycles. The molecule has 5 rings (SSSR count). The van der Waals surface area contributed by atoms with Crippen molar-refractivity contribution in [2.24, 2.45) is 0 Å². The number of anilines is 1. The number of carbonyl (C=O) groups is 1. The van der Waals surface area contributed by atoms with Crippen molar-refractivity contribution in [2.75, 3.05) is 5.32 Å². The monoisotopic (exact) mass is 375 g/mol. The molecule has 1 aliphatic carbocycles. The van der Waals surface area contributed by atoms with E-state index >= 15 is 0 Å². The number of nitrogens with one attached hydrogen (secondary N) is 1. The summed E-state index contributed by atoms with van der Waals surface area (Å²) in [6.07, 6.45) is 2.78. The molecule has 2 aromatic carbocycles. The maximum atomic E-state index is 14.0. The van der Waals surface area contributed by atoms with Crippen LogP contribution < -0.4 is 5.32 Å². The van der Waals surface area contributed by atoms with Crippen molar-refractivity contribution in [1.82, 2.24) is 9.78 Å². The van der Waals surface area contributed by atoms with Gasteiger partial charge in [0.15, 0.2) is 17.2 Å². The lowest BCUT2D eigenvalue weighted by Crippen LogP contribution is -2.16. The zero-order valence-corrected chi connectivity index (χ0v) is 15.3. The van der Waals surface area contributed by atoms with Gasteiger partial charge in [0, 0.05) is 16.5 Å². The number of hydrogen-bond donors (Lipinski definition) is 1. The fourth-order valence-electron chi connectivity index (χ4n) is 3.87. The molecular weight excluding hydrogens is 357 g/mol. The molecule has 1 N–H and O–H groups in total. The van der Waals surface area contributed by atoms with E-state index in [1.54, 1.807) is 23.7 Å². The Morgan fingerprint density at radius 3 is 2.75 bits per heavy atom. The first-order valence-electron chi connectivity index (χ1n) is 9.28. The van der Waals surface area contributed by atoms with Crippen LogP contribution in [0.4, 0.5) is 10.2 Å². The van der Waals surface area contributed by atoms with Crippen molar-refractivity contribution in [3.05, 3.63) is 76.9 Å². The van der Waals surface area contributed by atoms with E-state index in [0.717, 1.165) is 36.2 Å². The van der Waals surface area contributed by atoms with Crippen LogP contribution in [0.2, 0.25) is 0 Å². The van der Waals surface area contributed by atoms with Gasteiger partial charge < -0.3 is 9.73 Å². The van der Waals surface area contributed by atoms with Gasteiger partial charge in [-0.3, -0.25) is 4.79 Å². The summed E-state index contributed by atoms with van der Waals surface area (Å²) in [6, 6.07) is 14.4. The molecule has 0 fully saturated rings. The number of para-hydroxylation sites is 2. The lowest BCUT2D eigenvalue weighted by molar-refractivity contribution is 0.0997. The lowest BCUT2D eigenvalue weighted by atomic mass is 10.1. The second kappa shape index (κ2) is 6.34. The van der Waals surface area contributed by atoms with Crippen molar-refractivity contribution in [3.63, 3.8) is 0 Å². The van der Waals surface area contributed by atoms with Crippen molar-refractivity contribution in [2.45, 2.75) is 26.2 Å². The fraction of sp³-hybridized carbons (Fsp3) is 0.182. The number of rotatable bonds is 3. The van der Waals surface area contributed by atoms with E-state index in [4.69, 9.17) is 9.52 Å². The molecule has 0 unspecified atom stereocenters. The van der Waals surface area contributed by atoms with E-state index in [2.05, 4.69) is 5.32 Å². The SMILES string of the molecule is Cc1c(C(=O)Nc2c3c(nn2-c2ccccc2)CCC3)oc2c(F)cccc12. The number of nitrogens with zero attached hydrogens (tertiary/aromatic N) is 2. The van der Waals surface area contributed by atoms with Crippen molar-refractivity contribution < 1.29 is 13.6 Å². The predicted octanol–water partition coefficient (Wildman–Crippen LogP) is 4.81. The second-order valence-electron chi connectivity index (χ2n) is 7.00. The molecule has 1 aliphatic rings. The third kappa shape index (κ3) is 2.52. The Labute approximate surface area is 160 Å². The summed E-state index contributed by atoms with van der Waals surface area (Å²) in [7, 11) is 0. The number of hydrogen-bond acceptors (Lipinski definition) is 3. The van der Waals surface area contributed by atoms with Gasteiger partial charge >= 0.3 is 0 Å². The highest BCUT2D eigenvalue weighted by Gasteiger charge is 2.26. The van der Waals surface area contributed by atoms with Gasteiger partial charge in [-0.1, -0.05) is 30.3 Å². The molecule has 28 heavy (non-hydrogen) atoms. The summed E-state index contributed by atoms with van der Waals surface area (Å²) >= 11 is 0. The molecule has 5 nitrogen and oxygen atoms in total. The zero-order valence-electron chi connectivity index (χ0n) is 15.3. The van der Waals surface area contributed by atoms with Crippen LogP contribution >= 0.6 is 0 Å². The van der Waals surface area contributed by atoms with Gasteiger partial charge in [0.25, 0.3) is 5.91 Å². The van der Waals surface area contributed by atoms with Gasteiger partial charge in [0.1, 0.15) is 5.82 Å². The summed E-state index contributed by atoms with van der Waals surface area (Å²) in [5.41, 5.74) is 3.66. The van der Waals surface area contributed by atoms with Crippen LogP contribution in [-0.4, -0.2) is 15.7 Å². The fourth-order valence-corrected chi connectivity index (χ4v) is 3.87. The number of amides is 1. The minimum absolute atomic E-state index is 0.104. The highest BCUT2D eigenvalue weighted by Crippen LogP contribution is 2.32. The van der Waals surface area contributed by atoms with Gasteiger partial charge in [-0.15, -0.1) is 0 Å². The Hall–Kier alpha value is -3.41. The van der Waals surface area contributed by atoms with Crippen LogP contribution in [0.25, 0.3) is 16.7 Å². The highest BCUT2D eigenvalue weighted by molar-refractivity contribution is 6.06. The molecule has 4 aromatic rings. The van der Waals surface area contributed by atoms with E-state index in [1.165, 1.54) is 6.07 Å². The largest absolute Gasteiger partial charge is 0.448 e. The van der Waals surface area contributed by atoms with Gasteiger partial charge in [0.05, 0.1) is 11.4 Å². The third-order valence-electron chi connectivity index (χ3n) is 5.26. The van der Waals surface area contributed by atoms with E-state index in [1.807, 2.05) is 30.3 Å². The molecule has 2 heterocycles. The topological polar surface area (TPSA) is 60.1 Å². The standard InChI is InChI=1S/C22H18FN3O2/c1-13-15-9-5-11-17(23)20(15)28-19(13)22(27)24-21-16-10-6-12-18(16)25-26(21)14-7-3-2-4-8-14/h2-5,7-9,11H,6,10,12H2,1H3,(H,24,27). The normalized spacial score (nSPS) is 13.1. The number of halogens is 1. The van der Waals surface area contributed by atoms with Crippen LogP contribution in [0.5, 0.6) is 0 Å². The second-order valence-corrected chi connectivity index (χ2v) is 7.00. The van der Waals surface area contributed by atoms with E-state index < -0.39 is 11.7 Å².